The van der Waals surface area contributed by atoms with Crippen LogP contribution in [-0.4, -0.2) is 25.8 Å². The van der Waals surface area contributed by atoms with Crippen LogP contribution >= 0.6 is 0 Å². The van der Waals surface area contributed by atoms with Crippen LogP contribution in [0.5, 0.6) is 0 Å². The second-order valence-corrected chi connectivity index (χ2v) is 6.22. The molecule has 0 atom stereocenters. The van der Waals surface area contributed by atoms with Crippen molar-refractivity contribution in [2.75, 3.05) is 0 Å². The summed E-state index contributed by atoms with van der Waals surface area (Å²) in [6.45, 7) is 0.500. The van der Waals surface area contributed by atoms with Crippen molar-refractivity contribution in [3.63, 3.8) is 0 Å². The fourth-order valence-corrected chi connectivity index (χ4v) is 2.98. The van der Waals surface area contributed by atoms with Gasteiger partial charge in [0.1, 0.15) is 11.5 Å². The lowest BCUT2D eigenvalue weighted by molar-refractivity contribution is 0.0989. The third-order valence-electron chi connectivity index (χ3n) is 4.24. The van der Waals surface area contributed by atoms with Crippen molar-refractivity contribution >= 4 is 16.7 Å². The Labute approximate surface area is 153 Å². The number of hydrogen-bond donors (Lipinski definition) is 1. The van der Waals surface area contributed by atoms with Crippen molar-refractivity contribution in [3.8, 4) is 6.07 Å². The van der Waals surface area contributed by atoms with E-state index in [4.69, 9.17) is 5.26 Å². The van der Waals surface area contributed by atoms with Gasteiger partial charge in [0, 0.05) is 18.0 Å². The summed E-state index contributed by atoms with van der Waals surface area (Å²) >= 11 is 0. The quantitative estimate of drug-likeness (QED) is 0.554. The lowest BCUT2D eigenvalue weighted by atomic mass is 10.1. The minimum absolute atomic E-state index is 0.120. The number of ketones is 1. The Morgan fingerprint density at radius 2 is 2.11 bits per heavy atom. The zero-order valence-corrected chi connectivity index (χ0v) is 14.2. The summed E-state index contributed by atoms with van der Waals surface area (Å²) in [7, 11) is 0. The first-order chi connectivity index (χ1) is 13.1. The van der Waals surface area contributed by atoms with Crippen molar-refractivity contribution in [2.24, 2.45) is 0 Å². The van der Waals surface area contributed by atoms with Crippen LogP contribution in [0.1, 0.15) is 27.2 Å². The fourth-order valence-electron chi connectivity index (χ4n) is 2.98. The minimum Gasteiger partial charge on any atom is -0.292 e. The van der Waals surface area contributed by atoms with E-state index in [0.29, 0.717) is 23.0 Å². The zero-order chi connectivity index (χ0) is 18.8. The van der Waals surface area contributed by atoms with Gasteiger partial charge in [-0.15, -0.1) is 0 Å². The van der Waals surface area contributed by atoms with E-state index in [1.807, 2.05) is 12.1 Å². The van der Waals surface area contributed by atoms with Gasteiger partial charge in [-0.25, -0.2) is 4.39 Å². The lowest BCUT2D eigenvalue weighted by Gasteiger charge is -2.02. The number of aromatic nitrogens is 4. The molecule has 2 aromatic carbocycles. The van der Waals surface area contributed by atoms with Gasteiger partial charge in [0.2, 0.25) is 0 Å². The Kier molecular flexibility index (Phi) is 4.22. The maximum Gasteiger partial charge on any atom is 0.188 e. The number of fused-ring (bicyclic) bond motifs is 1. The number of nitrogens with zero attached hydrogens (tertiary/aromatic N) is 4. The molecule has 0 bridgehead atoms. The van der Waals surface area contributed by atoms with Gasteiger partial charge in [0.15, 0.2) is 5.78 Å². The Bertz CT molecular complexity index is 1180. The van der Waals surface area contributed by atoms with Gasteiger partial charge >= 0.3 is 0 Å². The van der Waals surface area contributed by atoms with E-state index in [1.54, 1.807) is 35.3 Å². The molecule has 0 saturated heterocycles. The number of H-pyrrole nitrogens is 1. The summed E-state index contributed by atoms with van der Waals surface area (Å²) in [5, 5.41) is 20.5. The van der Waals surface area contributed by atoms with Crippen LogP contribution < -0.4 is 0 Å². The molecule has 27 heavy (non-hydrogen) atoms. The molecule has 0 saturated carbocycles. The topological polar surface area (TPSA) is 87.4 Å². The molecule has 4 rings (SSSR count). The Morgan fingerprint density at radius 1 is 1.22 bits per heavy atom. The smallest absolute Gasteiger partial charge is 0.188 e. The Balaban J connectivity index is 1.51. The monoisotopic (exact) mass is 359 g/mol. The summed E-state index contributed by atoms with van der Waals surface area (Å²) in [6.07, 6.45) is 3.53. The molecule has 2 heterocycles. The van der Waals surface area contributed by atoms with Gasteiger partial charge in [-0.05, 0) is 41.5 Å². The van der Waals surface area contributed by atoms with Crippen LogP contribution in [0.25, 0.3) is 10.9 Å². The number of halogens is 1. The zero-order valence-electron chi connectivity index (χ0n) is 14.2. The van der Waals surface area contributed by atoms with Crippen molar-refractivity contribution < 1.29 is 9.18 Å². The molecule has 6 nitrogen and oxygen atoms in total. The number of benzene rings is 2. The second kappa shape index (κ2) is 6.84. The first kappa shape index (κ1) is 16.7. The van der Waals surface area contributed by atoms with E-state index in [9.17, 15) is 9.18 Å². The van der Waals surface area contributed by atoms with Gasteiger partial charge in [-0.2, -0.15) is 15.5 Å². The van der Waals surface area contributed by atoms with Crippen LogP contribution in [0.3, 0.4) is 0 Å². The standard InChI is InChI=1S/C20H14FN5O/c21-16-4-5-18-17(8-16)20(25-24-18)19(27)7-15-10-23-26(12-15)11-14-3-1-2-13(6-14)9-22/h1-6,8,10,12H,7,11H2,(H,24,25). The molecule has 132 valence electrons. The number of nitrogens with one attached hydrogen (secondary N) is 1. The first-order valence-corrected chi connectivity index (χ1v) is 8.29. The number of carbonyl (C=O) groups excluding carboxylic acids is 1. The highest BCUT2D eigenvalue weighted by atomic mass is 19.1. The summed E-state index contributed by atoms with van der Waals surface area (Å²) in [5.74, 6) is -0.622. The van der Waals surface area contributed by atoms with Gasteiger partial charge in [-0.3, -0.25) is 14.6 Å². The third-order valence-corrected chi connectivity index (χ3v) is 4.24. The Hall–Kier alpha value is -3.79. The van der Waals surface area contributed by atoms with E-state index >= 15 is 0 Å². The first-order valence-electron chi connectivity index (χ1n) is 8.29. The van der Waals surface area contributed by atoms with Crippen molar-refractivity contribution in [1.82, 2.24) is 20.0 Å². The predicted octanol–water partition coefficient (Wildman–Crippen LogP) is 3.24. The summed E-state index contributed by atoms with van der Waals surface area (Å²) < 4.78 is 15.2. The average Bonchev–Trinajstić information content (AvgIpc) is 3.28. The van der Waals surface area contributed by atoms with Crippen LogP contribution in [0.15, 0.2) is 54.9 Å². The van der Waals surface area contributed by atoms with Crippen molar-refractivity contribution in [2.45, 2.75) is 13.0 Å². The van der Waals surface area contributed by atoms with Gasteiger partial charge in [0.05, 0.1) is 29.9 Å². The van der Waals surface area contributed by atoms with Crippen molar-refractivity contribution in [3.05, 3.63) is 83.1 Å². The second-order valence-electron chi connectivity index (χ2n) is 6.22. The predicted molar refractivity (Wildman–Crippen MR) is 96.6 cm³/mol. The maximum absolute atomic E-state index is 13.5. The highest BCUT2D eigenvalue weighted by Gasteiger charge is 2.16. The van der Waals surface area contributed by atoms with Gasteiger partial charge < -0.3 is 0 Å². The highest BCUT2D eigenvalue weighted by Crippen LogP contribution is 2.19. The SMILES string of the molecule is N#Cc1cccc(Cn2cc(CC(=O)c3n[nH]c4ccc(F)cc34)cn2)c1. The number of hydrogen-bond acceptors (Lipinski definition) is 4. The number of aromatic amines is 1. The molecule has 0 unspecified atom stereocenters. The number of rotatable bonds is 5. The molecule has 1 N–H and O–H groups in total. The molecule has 4 aromatic rings. The van der Waals surface area contributed by atoms with Crippen LogP contribution in [-0.2, 0) is 13.0 Å². The average molecular weight is 359 g/mol. The maximum atomic E-state index is 13.5. The normalized spacial score (nSPS) is 10.8. The molecule has 0 aliphatic carbocycles. The molecular formula is C20H14FN5O. The lowest BCUT2D eigenvalue weighted by Crippen LogP contribution is -2.04. The molecule has 0 amide bonds. The van der Waals surface area contributed by atoms with Gasteiger partial charge in [0.25, 0.3) is 0 Å². The molecular weight excluding hydrogens is 345 g/mol. The van der Waals surface area contributed by atoms with Crippen molar-refractivity contribution in [1.29, 1.82) is 5.26 Å². The molecule has 0 aliphatic rings. The highest BCUT2D eigenvalue weighted by molar-refractivity contribution is 6.06. The fraction of sp³-hybridized carbons (Fsp3) is 0.100. The van der Waals surface area contributed by atoms with Gasteiger partial charge in [-0.1, -0.05) is 12.1 Å². The number of nitriles is 1. The molecule has 2 aromatic heterocycles. The Morgan fingerprint density at radius 3 is 2.96 bits per heavy atom. The summed E-state index contributed by atoms with van der Waals surface area (Å²) in [5.41, 5.74) is 3.12. The van der Waals surface area contributed by atoms with E-state index in [-0.39, 0.29) is 17.9 Å². The molecule has 0 spiro atoms. The summed E-state index contributed by atoms with van der Waals surface area (Å²) in [6, 6.07) is 13.6. The summed E-state index contributed by atoms with van der Waals surface area (Å²) in [4.78, 5) is 12.6. The minimum atomic E-state index is -0.412. The largest absolute Gasteiger partial charge is 0.292 e. The van der Waals surface area contributed by atoms with E-state index in [1.165, 1.54) is 12.1 Å². The molecule has 0 fully saturated rings. The molecule has 0 aliphatic heterocycles. The van der Waals surface area contributed by atoms with Crippen LogP contribution in [0.2, 0.25) is 0 Å². The van der Waals surface area contributed by atoms with E-state index in [2.05, 4.69) is 21.4 Å². The van der Waals surface area contributed by atoms with E-state index in [0.717, 1.165) is 11.1 Å². The number of Topliss-reactive ketones (excluding diaryl/α,β-unsaturated/α-hetero) is 1. The number of carbonyl (C=O) groups is 1. The van der Waals surface area contributed by atoms with Crippen LogP contribution in [0.4, 0.5) is 4.39 Å². The van der Waals surface area contributed by atoms with E-state index < -0.39 is 5.82 Å². The van der Waals surface area contributed by atoms with Crippen LogP contribution in [0, 0.1) is 17.1 Å². The third kappa shape index (κ3) is 3.46. The molecule has 0 radical (unpaired) electrons. The molecule has 7 heteroatoms.